The summed E-state index contributed by atoms with van der Waals surface area (Å²) in [6.07, 6.45) is 1.55. The highest BCUT2D eigenvalue weighted by atomic mass is 19.1. The van der Waals surface area contributed by atoms with Gasteiger partial charge >= 0.3 is 5.97 Å². The Morgan fingerprint density at radius 1 is 1.14 bits per heavy atom. The fourth-order valence-electron chi connectivity index (χ4n) is 1.74. The van der Waals surface area contributed by atoms with Crippen LogP contribution in [0, 0.1) is 5.82 Å². The highest BCUT2D eigenvalue weighted by Gasteiger charge is 2.07. The summed E-state index contributed by atoms with van der Waals surface area (Å²) in [6.45, 7) is 0.379. The topological polar surface area (TPSA) is 79.3 Å². The number of nitrogens with zero attached hydrogens (tertiary/aromatic N) is 1. The van der Waals surface area contributed by atoms with Gasteiger partial charge in [0.1, 0.15) is 11.5 Å². The lowest BCUT2D eigenvalue weighted by molar-refractivity contribution is 0.0696. The average molecular weight is 288 g/mol. The fraction of sp³-hybridized carbons (Fsp3) is 0.133. The number of nitrogens with one attached hydrogen (secondary N) is 1. The van der Waals surface area contributed by atoms with Crippen LogP contribution in [-0.4, -0.2) is 28.5 Å². The highest BCUT2D eigenvalue weighted by molar-refractivity contribution is 5.92. The van der Waals surface area contributed by atoms with Crippen LogP contribution >= 0.6 is 0 Å². The molecule has 2 aromatic rings. The lowest BCUT2D eigenvalue weighted by Gasteiger charge is -2.05. The molecule has 0 saturated carbocycles. The Balaban J connectivity index is 1.85. The van der Waals surface area contributed by atoms with Crippen LogP contribution < -0.4 is 5.32 Å². The van der Waals surface area contributed by atoms with E-state index in [9.17, 15) is 14.0 Å². The molecule has 1 heterocycles. The van der Waals surface area contributed by atoms with Crippen molar-refractivity contribution in [2.45, 2.75) is 6.42 Å². The third-order valence-electron chi connectivity index (χ3n) is 2.86. The van der Waals surface area contributed by atoms with Crippen LogP contribution in [0.3, 0.4) is 0 Å². The molecule has 0 aliphatic carbocycles. The van der Waals surface area contributed by atoms with Gasteiger partial charge in [0.25, 0.3) is 5.91 Å². The minimum absolute atomic E-state index is 0.151. The zero-order valence-electron chi connectivity index (χ0n) is 11.0. The Labute approximate surface area is 120 Å². The van der Waals surface area contributed by atoms with Crippen molar-refractivity contribution in [3.63, 3.8) is 0 Å². The predicted molar refractivity (Wildman–Crippen MR) is 73.6 cm³/mol. The van der Waals surface area contributed by atoms with E-state index in [1.807, 2.05) is 0 Å². The molecule has 5 nitrogen and oxygen atoms in total. The number of benzene rings is 1. The Morgan fingerprint density at radius 2 is 1.86 bits per heavy atom. The second kappa shape index (κ2) is 6.60. The Hall–Kier alpha value is -2.76. The molecule has 0 atom stereocenters. The number of carboxylic acids is 1. The number of aromatic carboxylic acids is 1. The Morgan fingerprint density at radius 3 is 2.43 bits per heavy atom. The second-order valence-corrected chi connectivity index (χ2v) is 4.37. The van der Waals surface area contributed by atoms with Gasteiger partial charge in [0.15, 0.2) is 0 Å². The van der Waals surface area contributed by atoms with Gasteiger partial charge in [-0.3, -0.25) is 4.79 Å². The number of carbonyl (C=O) groups is 2. The van der Waals surface area contributed by atoms with Gasteiger partial charge < -0.3 is 10.4 Å². The highest BCUT2D eigenvalue weighted by Crippen LogP contribution is 2.05. The summed E-state index contributed by atoms with van der Waals surface area (Å²) in [4.78, 5) is 26.1. The molecular formula is C15H13FN2O3. The molecule has 1 amide bonds. The first kappa shape index (κ1) is 14.6. The summed E-state index contributed by atoms with van der Waals surface area (Å²) in [5, 5.41) is 11.4. The zero-order chi connectivity index (χ0) is 15.2. The zero-order valence-corrected chi connectivity index (χ0v) is 11.0. The first-order valence-electron chi connectivity index (χ1n) is 6.28. The molecule has 0 saturated heterocycles. The minimum atomic E-state index is -0.975. The van der Waals surface area contributed by atoms with E-state index in [1.165, 1.54) is 24.3 Å². The number of hydrogen-bond acceptors (Lipinski definition) is 3. The van der Waals surface area contributed by atoms with E-state index in [1.54, 1.807) is 12.1 Å². The van der Waals surface area contributed by atoms with Gasteiger partial charge in [0.2, 0.25) is 0 Å². The SMILES string of the molecule is O=C(O)c1ccc(CCNC(=O)c2ccc(F)cn2)cc1. The third kappa shape index (κ3) is 4.10. The molecule has 0 radical (unpaired) electrons. The van der Waals surface area contributed by atoms with Crippen LogP contribution in [0.1, 0.15) is 26.4 Å². The van der Waals surface area contributed by atoms with Gasteiger partial charge in [-0.15, -0.1) is 0 Å². The van der Waals surface area contributed by atoms with Crippen molar-refractivity contribution in [1.29, 1.82) is 0 Å². The summed E-state index contributed by atoms with van der Waals surface area (Å²) in [5.41, 5.74) is 1.28. The van der Waals surface area contributed by atoms with Crippen LogP contribution in [0.5, 0.6) is 0 Å². The molecule has 2 rings (SSSR count). The molecule has 0 spiro atoms. The first-order valence-corrected chi connectivity index (χ1v) is 6.28. The molecule has 0 aliphatic rings. The number of carboxylic acid groups (broad SMARTS) is 1. The molecular weight excluding hydrogens is 275 g/mol. The molecule has 1 aromatic heterocycles. The summed E-state index contributed by atoms with van der Waals surface area (Å²) < 4.78 is 12.7. The normalized spacial score (nSPS) is 10.1. The average Bonchev–Trinajstić information content (AvgIpc) is 2.48. The quantitative estimate of drug-likeness (QED) is 0.880. The summed E-state index contributed by atoms with van der Waals surface area (Å²) in [7, 11) is 0. The minimum Gasteiger partial charge on any atom is -0.478 e. The van der Waals surface area contributed by atoms with Crippen molar-refractivity contribution >= 4 is 11.9 Å². The van der Waals surface area contributed by atoms with E-state index in [-0.39, 0.29) is 17.2 Å². The number of hydrogen-bond donors (Lipinski definition) is 2. The lowest BCUT2D eigenvalue weighted by atomic mass is 10.1. The molecule has 6 heteroatoms. The lowest BCUT2D eigenvalue weighted by Crippen LogP contribution is -2.26. The summed E-state index contributed by atoms with van der Waals surface area (Å²) >= 11 is 0. The van der Waals surface area contributed by atoms with Gasteiger partial charge in [0.05, 0.1) is 11.8 Å². The van der Waals surface area contributed by atoms with Gasteiger partial charge in [0, 0.05) is 6.54 Å². The van der Waals surface area contributed by atoms with E-state index >= 15 is 0 Å². The van der Waals surface area contributed by atoms with Gasteiger partial charge in [-0.05, 0) is 36.2 Å². The maximum absolute atomic E-state index is 12.7. The molecule has 1 aromatic carbocycles. The fourth-order valence-corrected chi connectivity index (χ4v) is 1.74. The Bertz CT molecular complexity index is 639. The smallest absolute Gasteiger partial charge is 0.335 e. The number of aromatic nitrogens is 1. The van der Waals surface area contributed by atoms with Gasteiger partial charge in [-0.1, -0.05) is 12.1 Å². The van der Waals surface area contributed by atoms with Crippen LogP contribution in [0.25, 0.3) is 0 Å². The van der Waals surface area contributed by atoms with Crippen LogP contribution in [0.15, 0.2) is 42.6 Å². The van der Waals surface area contributed by atoms with Crippen LogP contribution in [0.4, 0.5) is 4.39 Å². The molecule has 108 valence electrons. The van der Waals surface area contributed by atoms with Crippen molar-refractivity contribution in [1.82, 2.24) is 10.3 Å². The van der Waals surface area contributed by atoms with Crippen molar-refractivity contribution in [2.24, 2.45) is 0 Å². The van der Waals surface area contributed by atoms with Crippen molar-refractivity contribution in [3.05, 3.63) is 65.2 Å². The van der Waals surface area contributed by atoms with E-state index in [2.05, 4.69) is 10.3 Å². The monoisotopic (exact) mass is 288 g/mol. The number of carbonyl (C=O) groups excluding carboxylic acids is 1. The predicted octanol–water partition coefficient (Wildman–Crippen LogP) is 1.89. The van der Waals surface area contributed by atoms with Crippen molar-refractivity contribution in [3.8, 4) is 0 Å². The third-order valence-corrected chi connectivity index (χ3v) is 2.86. The van der Waals surface area contributed by atoms with E-state index in [4.69, 9.17) is 5.11 Å². The number of amides is 1. The first-order chi connectivity index (χ1) is 10.1. The molecule has 2 N–H and O–H groups in total. The summed E-state index contributed by atoms with van der Waals surface area (Å²) in [6, 6.07) is 8.92. The van der Waals surface area contributed by atoms with E-state index in [0.29, 0.717) is 13.0 Å². The van der Waals surface area contributed by atoms with Crippen molar-refractivity contribution in [2.75, 3.05) is 6.54 Å². The molecule has 21 heavy (non-hydrogen) atoms. The maximum atomic E-state index is 12.7. The molecule has 0 unspecified atom stereocenters. The largest absolute Gasteiger partial charge is 0.478 e. The van der Waals surface area contributed by atoms with Gasteiger partial charge in [-0.2, -0.15) is 0 Å². The number of pyridine rings is 1. The maximum Gasteiger partial charge on any atom is 0.335 e. The second-order valence-electron chi connectivity index (χ2n) is 4.37. The number of rotatable bonds is 5. The molecule has 0 fully saturated rings. The van der Waals surface area contributed by atoms with E-state index in [0.717, 1.165) is 11.8 Å². The standard InChI is InChI=1S/C15H13FN2O3/c16-12-5-6-13(18-9-12)14(19)17-8-7-10-1-3-11(4-2-10)15(20)21/h1-6,9H,7-8H2,(H,17,19)(H,20,21). The van der Waals surface area contributed by atoms with Crippen LogP contribution in [0.2, 0.25) is 0 Å². The van der Waals surface area contributed by atoms with Gasteiger partial charge in [-0.25, -0.2) is 14.2 Å². The van der Waals surface area contributed by atoms with Crippen LogP contribution in [-0.2, 0) is 6.42 Å². The molecule has 0 aliphatic heterocycles. The molecule has 0 bridgehead atoms. The van der Waals surface area contributed by atoms with Crippen molar-refractivity contribution < 1.29 is 19.1 Å². The Kier molecular flexibility index (Phi) is 4.61. The van der Waals surface area contributed by atoms with E-state index < -0.39 is 11.8 Å². The number of halogens is 1. The summed E-state index contributed by atoms with van der Waals surface area (Å²) in [5.74, 6) is -1.85.